The molecule has 1 radical (unpaired) electrons. The van der Waals surface area contributed by atoms with Gasteiger partial charge in [-0.2, -0.15) is 0 Å². The SMILES string of the molecule is CC1=Nc2c(cccc2OCCn2cc(C(c3ccc(F)cc3)c3ccc(F)cc3)ccc2=O)[N]1. The molecule has 7 heteroatoms. The van der Waals surface area contributed by atoms with Gasteiger partial charge in [0.15, 0.2) is 0 Å². The van der Waals surface area contributed by atoms with Crippen molar-refractivity contribution in [3.05, 3.63) is 124 Å². The molecule has 1 aliphatic rings. The zero-order chi connectivity index (χ0) is 24.4. The molecule has 2 heterocycles. The Kier molecular flexibility index (Phi) is 6.14. The average molecular weight is 470 g/mol. The van der Waals surface area contributed by atoms with Crippen molar-refractivity contribution in [1.82, 2.24) is 9.88 Å². The molecule has 1 aromatic heterocycles. The first-order valence-corrected chi connectivity index (χ1v) is 11.2. The third-order valence-electron chi connectivity index (χ3n) is 5.87. The van der Waals surface area contributed by atoms with E-state index in [4.69, 9.17) is 4.74 Å². The van der Waals surface area contributed by atoms with Crippen LogP contribution < -0.4 is 15.6 Å². The fourth-order valence-corrected chi connectivity index (χ4v) is 4.23. The molecule has 175 valence electrons. The van der Waals surface area contributed by atoms with Gasteiger partial charge in [-0.15, -0.1) is 0 Å². The molecule has 0 saturated heterocycles. The summed E-state index contributed by atoms with van der Waals surface area (Å²) in [6, 6.07) is 21.2. The van der Waals surface area contributed by atoms with Crippen molar-refractivity contribution in [3.8, 4) is 5.75 Å². The lowest BCUT2D eigenvalue weighted by Gasteiger charge is -2.20. The second-order valence-electron chi connectivity index (χ2n) is 8.27. The van der Waals surface area contributed by atoms with Gasteiger partial charge in [0, 0.05) is 18.2 Å². The van der Waals surface area contributed by atoms with E-state index in [1.165, 1.54) is 30.3 Å². The van der Waals surface area contributed by atoms with Crippen LogP contribution in [0.2, 0.25) is 0 Å². The number of rotatable bonds is 7. The number of amidine groups is 1. The van der Waals surface area contributed by atoms with Crippen LogP contribution in [0.5, 0.6) is 5.75 Å². The molecule has 0 amide bonds. The van der Waals surface area contributed by atoms with Crippen molar-refractivity contribution in [3.63, 3.8) is 0 Å². The van der Waals surface area contributed by atoms with Gasteiger partial charge >= 0.3 is 0 Å². The summed E-state index contributed by atoms with van der Waals surface area (Å²) in [7, 11) is 0. The summed E-state index contributed by atoms with van der Waals surface area (Å²) in [6.45, 7) is 2.40. The van der Waals surface area contributed by atoms with Crippen LogP contribution in [0.1, 0.15) is 29.5 Å². The Morgan fingerprint density at radius 2 is 1.49 bits per heavy atom. The zero-order valence-corrected chi connectivity index (χ0v) is 19.0. The lowest BCUT2D eigenvalue weighted by molar-refractivity contribution is 0.297. The van der Waals surface area contributed by atoms with Crippen LogP contribution in [0.3, 0.4) is 0 Å². The predicted octanol–water partition coefficient (Wildman–Crippen LogP) is 5.69. The Morgan fingerprint density at radius 1 is 0.857 bits per heavy atom. The summed E-state index contributed by atoms with van der Waals surface area (Å²) < 4.78 is 34.7. The lowest BCUT2D eigenvalue weighted by atomic mass is 9.86. The van der Waals surface area contributed by atoms with Crippen molar-refractivity contribution >= 4 is 17.2 Å². The molecule has 35 heavy (non-hydrogen) atoms. The van der Waals surface area contributed by atoms with Crippen LogP contribution in [-0.2, 0) is 6.54 Å². The molecule has 5 rings (SSSR count). The summed E-state index contributed by atoms with van der Waals surface area (Å²) in [5, 5.41) is 4.36. The van der Waals surface area contributed by atoms with E-state index in [1.807, 2.05) is 25.1 Å². The predicted molar refractivity (Wildman–Crippen MR) is 131 cm³/mol. The first-order chi connectivity index (χ1) is 17.0. The van der Waals surface area contributed by atoms with Crippen molar-refractivity contribution in [2.45, 2.75) is 19.4 Å². The third kappa shape index (κ3) is 4.84. The minimum Gasteiger partial charge on any atom is -0.489 e. The molecule has 1 aliphatic heterocycles. The van der Waals surface area contributed by atoms with Crippen LogP contribution >= 0.6 is 0 Å². The first-order valence-electron chi connectivity index (χ1n) is 11.2. The number of aromatic nitrogens is 1. The molecule has 0 spiro atoms. The highest BCUT2D eigenvalue weighted by atomic mass is 19.1. The highest BCUT2D eigenvalue weighted by molar-refractivity contribution is 5.96. The van der Waals surface area contributed by atoms with Crippen LogP contribution in [0.25, 0.3) is 0 Å². The van der Waals surface area contributed by atoms with Gasteiger partial charge in [-0.3, -0.25) is 4.79 Å². The maximum absolute atomic E-state index is 13.6. The largest absolute Gasteiger partial charge is 0.489 e. The zero-order valence-electron chi connectivity index (χ0n) is 19.0. The van der Waals surface area contributed by atoms with Crippen molar-refractivity contribution in [1.29, 1.82) is 0 Å². The Morgan fingerprint density at radius 3 is 2.14 bits per heavy atom. The lowest BCUT2D eigenvalue weighted by Crippen LogP contribution is -2.23. The Bertz CT molecular complexity index is 1400. The van der Waals surface area contributed by atoms with E-state index in [1.54, 1.807) is 41.1 Å². The van der Waals surface area contributed by atoms with E-state index in [0.29, 0.717) is 23.8 Å². The third-order valence-corrected chi connectivity index (χ3v) is 5.87. The average Bonchev–Trinajstić information content (AvgIpc) is 3.24. The van der Waals surface area contributed by atoms with E-state index in [-0.39, 0.29) is 29.7 Å². The normalized spacial score (nSPS) is 12.3. The number of aliphatic imine (C=N–C) groups is 1. The summed E-state index contributed by atoms with van der Waals surface area (Å²) in [5.41, 5.74) is 3.77. The van der Waals surface area contributed by atoms with Crippen LogP contribution in [0.4, 0.5) is 20.2 Å². The highest BCUT2D eigenvalue weighted by Gasteiger charge is 2.19. The fraction of sp³-hybridized carbons (Fsp3) is 0.143. The van der Waals surface area contributed by atoms with Gasteiger partial charge in [0.25, 0.3) is 5.56 Å². The Hall–Kier alpha value is -4.26. The Balaban J connectivity index is 1.42. The number of hydrogen-bond acceptors (Lipinski definition) is 3. The molecule has 3 aromatic carbocycles. The van der Waals surface area contributed by atoms with Gasteiger partial charge in [0.05, 0.1) is 12.2 Å². The fourth-order valence-electron chi connectivity index (χ4n) is 4.23. The molecule has 0 atom stereocenters. The van der Waals surface area contributed by atoms with Gasteiger partial charge in [0.1, 0.15) is 35.5 Å². The minimum atomic E-state index is -0.339. The maximum Gasteiger partial charge on any atom is 0.250 e. The smallest absolute Gasteiger partial charge is 0.250 e. The van der Waals surface area contributed by atoms with Gasteiger partial charge in [-0.05, 0) is 60.0 Å². The Labute approximate surface area is 201 Å². The monoisotopic (exact) mass is 470 g/mol. The number of para-hydroxylation sites is 1. The molecular formula is C28H22F2N3O2. The number of pyridine rings is 1. The standard InChI is InChI=1S/C28H22F2N3O2/c1-18-31-24-3-2-4-25(28(24)32-18)35-16-15-33-17-21(9-14-26(33)34)27(19-5-10-22(29)11-6-19)20-7-12-23(30)13-8-20/h2-14,17,27H,15-16H2,1H3. The molecule has 0 bridgehead atoms. The number of ether oxygens (including phenoxy) is 1. The number of fused-ring (bicyclic) bond motifs is 1. The minimum absolute atomic E-state index is 0.170. The second kappa shape index (κ2) is 9.54. The molecule has 0 saturated carbocycles. The van der Waals surface area contributed by atoms with Gasteiger partial charge in [-0.1, -0.05) is 36.4 Å². The molecule has 0 fully saturated rings. The van der Waals surface area contributed by atoms with E-state index in [0.717, 1.165) is 22.4 Å². The van der Waals surface area contributed by atoms with E-state index in [2.05, 4.69) is 10.3 Å². The van der Waals surface area contributed by atoms with Crippen molar-refractivity contribution in [2.24, 2.45) is 4.99 Å². The first kappa shape index (κ1) is 22.5. The number of benzene rings is 3. The molecule has 0 aliphatic carbocycles. The summed E-state index contributed by atoms with van der Waals surface area (Å²) in [4.78, 5) is 17.0. The topological polar surface area (TPSA) is 57.7 Å². The number of halogens is 2. The van der Waals surface area contributed by atoms with E-state index >= 15 is 0 Å². The van der Waals surface area contributed by atoms with Gasteiger partial charge < -0.3 is 9.30 Å². The van der Waals surface area contributed by atoms with E-state index < -0.39 is 0 Å². The van der Waals surface area contributed by atoms with E-state index in [9.17, 15) is 13.6 Å². The van der Waals surface area contributed by atoms with Gasteiger partial charge in [-0.25, -0.2) is 19.1 Å². The van der Waals surface area contributed by atoms with Crippen LogP contribution in [-0.4, -0.2) is 17.0 Å². The van der Waals surface area contributed by atoms with Gasteiger partial charge in [0.2, 0.25) is 0 Å². The van der Waals surface area contributed by atoms with Crippen molar-refractivity contribution < 1.29 is 13.5 Å². The quantitative estimate of drug-likeness (QED) is 0.349. The molecule has 4 aromatic rings. The van der Waals surface area contributed by atoms with Crippen LogP contribution in [0, 0.1) is 11.6 Å². The number of nitrogens with zero attached hydrogens (tertiary/aromatic N) is 3. The molecule has 0 unspecified atom stereocenters. The van der Waals surface area contributed by atoms with Crippen molar-refractivity contribution in [2.75, 3.05) is 6.61 Å². The van der Waals surface area contributed by atoms with Crippen LogP contribution in [0.15, 0.2) is 94.8 Å². The molecular weight excluding hydrogens is 448 g/mol. The molecule has 5 nitrogen and oxygen atoms in total. The summed E-state index contributed by atoms with van der Waals surface area (Å²) in [6.07, 6.45) is 1.77. The maximum atomic E-state index is 13.6. The number of hydrogen-bond donors (Lipinski definition) is 0. The summed E-state index contributed by atoms with van der Waals surface area (Å²) in [5.74, 6) is 0.303. The second-order valence-corrected chi connectivity index (χ2v) is 8.27. The highest BCUT2D eigenvalue weighted by Crippen LogP contribution is 2.39. The summed E-state index contributed by atoms with van der Waals surface area (Å²) >= 11 is 0. The molecule has 0 N–H and O–H groups in total.